The number of carboxylic acids is 1. The van der Waals surface area contributed by atoms with E-state index in [9.17, 15) is 17.6 Å². The van der Waals surface area contributed by atoms with Crippen molar-refractivity contribution < 1.29 is 27.4 Å². The summed E-state index contributed by atoms with van der Waals surface area (Å²) in [6.45, 7) is 0. The highest BCUT2D eigenvalue weighted by Crippen LogP contribution is 2.34. The molecule has 0 amide bonds. The molecule has 0 radical (unpaired) electrons. The number of thiazole rings is 1. The van der Waals surface area contributed by atoms with Crippen molar-refractivity contribution in [1.29, 1.82) is 0 Å². The quantitative estimate of drug-likeness (QED) is 0.595. The lowest BCUT2D eigenvalue weighted by molar-refractivity contribution is 0.0696. The van der Waals surface area contributed by atoms with E-state index in [0.717, 1.165) is 23.5 Å². The largest absolute Gasteiger partial charge is 0.495 e. The number of hydrogen-bond donors (Lipinski definition) is 2. The van der Waals surface area contributed by atoms with E-state index in [0.29, 0.717) is 10.6 Å². The molecule has 1 aromatic heterocycles. The Morgan fingerprint density at radius 1 is 1.29 bits per heavy atom. The third-order valence-electron chi connectivity index (χ3n) is 3.60. The Morgan fingerprint density at radius 2 is 1.96 bits per heavy atom. The number of anilines is 1. The number of methoxy groups -OCH3 is 1. The molecule has 2 aromatic carbocycles. The van der Waals surface area contributed by atoms with E-state index in [4.69, 9.17) is 21.4 Å². The summed E-state index contributed by atoms with van der Waals surface area (Å²) in [5.41, 5.74) is 0.325. The van der Waals surface area contributed by atoms with Crippen LogP contribution >= 0.6 is 22.9 Å². The summed E-state index contributed by atoms with van der Waals surface area (Å²) < 4.78 is 45.7. The van der Waals surface area contributed by atoms with Gasteiger partial charge in [0.2, 0.25) is 0 Å². The molecule has 3 aromatic rings. The summed E-state index contributed by atoms with van der Waals surface area (Å²) in [5, 5.41) is 9.35. The summed E-state index contributed by atoms with van der Waals surface area (Å²) in [4.78, 5) is 15.2. The Hall–Kier alpha value is -2.69. The molecule has 0 saturated carbocycles. The lowest BCUT2D eigenvalue weighted by Gasteiger charge is -2.12. The zero-order valence-electron chi connectivity index (χ0n) is 14.1. The van der Waals surface area contributed by atoms with Gasteiger partial charge in [-0.05, 0) is 36.4 Å². The van der Waals surface area contributed by atoms with Gasteiger partial charge in [0, 0.05) is 5.56 Å². The van der Waals surface area contributed by atoms with Crippen LogP contribution in [0.15, 0.2) is 46.8 Å². The summed E-state index contributed by atoms with van der Waals surface area (Å²) in [7, 11) is -2.78. The topological polar surface area (TPSA) is 106 Å². The number of aromatic carboxylic acids is 1. The predicted molar refractivity (Wildman–Crippen MR) is 103 cm³/mol. The number of benzene rings is 2. The second kappa shape index (κ2) is 7.74. The van der Waals surface area contributed by atoms with E-state index in [1.807, 2.05) is 0 Å². The fraction of sp³-hybridized carbons (Fsp3) is 0.0588. The molecule has 11 heteroatoms. The minimum Gasteiger partial charge on any atom is -0.495 e. The number of halogens is 2. The SMILES string of the molecule is COc1cc(C(=O)O)c(Cl)cc1NS(=O)(=O)c1cnc(-c2ccc(F)cc2)s1. The van der Waals surface area contributed by atoms with Crippen LogP contribution in [0.2, 0.25) is 5.02 Å². The van der Waals surface area contributed by atoms with Gasteiger partial charge in [-0.2, -0.15) is 0 Å². The molecule has 146 valence electrons. The van der Waals surface area contributed by atoms with Gasteiger partial charge in [-0.1, -0.05) is 11.6 Å². The van der Waals surface area contributed by atoms with Crippen molar-refractivity contribution in [1.82, 2.24) is 4.98 Å². The first-order chi connectivity index (χ1) is 13.2. The lowest BCUT2D eigenvalue weighted by atomic mass is 10.2. The minimum atomic E-state index is -4.05. The molecule has 0 aliphatic heterocycles. The monoisotopic (exact) mass is 442 g/mol. The van der Waals surface area contributed by atoms with Crippen molar-refractivity contribution in [2.24, 2.45) is 0 Å². The average molecular weight is 443 g/mol. The molecule has 3 rings (SSSR count). The van der Waals surface area contributed by atoms with E-state index in [1.54, 1.807) is 0 Å². The highest BCUT2D eigenvalue weighted by atomic mass is 35.5. The minimum absolute atomic E-state index is 0.00588. The average Bonchev–Trinajstić information content (AvgIpc) is 3.13. The summed E-state index contributed by atoms with van der Waals surface area (Å²) in [6, 6.07) is 7.76. The van der Waals surface area contributed by atoms with Crippen molar-refractivity contribution >= 4 is 44.6 Å². The molecule has 0 unspecified atom stereocenters. The summed E-state index contributed by atoms with van der Waals surface area (Å²) in [6.07, 6.45) is 1.17. The first-order valence-electron chi connectivity index (χ1n) is 7.56. The Morgan fingerprint density at radius 3 is 2.57 bits per heavy atom. The third kappa shape index (κ3) is 4.08. The van der Waals surface area contributed by atoms with Crippen LogP contribution in [0.5, 0.6) is 5.75 Å². The number of carbonyl (C=O) groups is 1. The van der Waals surface area contributed by atoms with E-state index >= 15 is 0 Å². The molecule has 7 nitrogen and oxygen atoms in total. The zero-order chi connectivity index (χ0) is 20.5. The van der Waals surface area contributed by atoms with Crippen LogP contribution in [0.25, 0.3) is 10.6 Å². The number of nitrogens with zero attached hydrogens (tertiary/aromatic N) is 1. The van der Waals surface area contributed by atoms with Gasteiger partial charge in [-0.3, -0.25) is 4.72 Å². The van der Waals surface area contributed by atoms with Crippen LogP contribution in [0.3, 0.4) is 0 Å². The van der Waals surface area contributed by atoms with Gasteiger partial charge in [0.25, 0.3) is 10.0 Å². The second-order valence-electron chi connectivity index (χ2n) is 5.43. The van der Waals surface area contributed by atoms with Crippen LogP contribution in [0.1, 0.15) is 10.4 Å². The number of aromatic nitrogens is 1. The molecule has 0 bridgehead atoms. The predicted octanol–water partition coefficient (Wildman–Crippen LogP) is 4.11. The number of sulfonamides is 1. The third-order valence-corrected chi connectivity index (χ3v) is 6.79. The summed E-state index contributed by atoms with van der Waals surface area (Å²) >= 11 is 6.81. The molecule has 0 spiro atoms. The number of rotatable bonds is 6. The molecule has 2 N–H and O–H groups in total. The Balaban J connectivity index is 1.93. The van der Waals surface area contributed by atoms with Gasteiger partial charge < -0.3 is 9.84 Å². The molecule has 0 aliphatic carbocycles. The maximum atomic E-state index is 13.0. The first kappa shape index (κ1) is 20.1. The molecule has 0 atom stereocenters. The number of ether oxygens (including phenoxy) is 1. The molecule has 28 heavy (non-hydrogen) atoms. The van der Waals surface area contributed by atoms with Crippen LogP contribution in [0, 0.1) is 5.82 Å². The zero-order valence-corrected chi connectivity index (χ0v) is 16.5. The lowest BCUT2D eigenvalue weighted by Crippen LogP contribution is -2.13. The number of nitrogens with one attached hydrogen (secondary N) is 1. The van der Waals surface area contributed by atoms with Crippen molar-refractivity contribution in [3.63, 3.8) is 0 Å². The normalized spacial score (nSPS) is 11.2. The second-order valence-corrected chi connectivity index (χ2v) is 8.78. The van der Waals surface area contributed by atoms with Gasteiger partial charge in [-0.25, -0.2) is 22.6 Å². The maximum absolute atomic E-state index is 13.0. The van der Waals surface area contributed by atoms with Gasteiger partial charge in [-0.15, -0.1) is 11.3 Å². The standard InChI is InChI=1S/C17H12ClFN2O5S2/c1-26-14-6-11(17(22)23)12(18)7-13(14)21-28(24,25)15-8-20-16(27-15)9-2-4-10(19)5-3-9/h2-8,21H,1H3,(H,22,23). The van der Waals surface area contributed by atoms with E-state index < -0.39 is 21.8 Å². The van der Waals surface area contributed by atoms with Gasteiger partial charge in [0.1, 0.15) is 16.6 Å². The van der Waals surface area contributed by atoms with E-state index in [2.05, 4.69) is 9.71 Å². The molecular weight excluding hydrogens is 431 g/mol. The van der Waals surface area contributed by atoms with E-state index in [-0.39, 0.29) is 26.2 Å². The van der Waals surface area contributed by atoms with Crippen molar-refractivity contribution in [2.75, 3.05) is 11.8 Å². The van der Waals surface area contributed by atoms with Gasteiger partial charge >= 0.3 is 5.97 Å². The smallest absolute Gasteiger partial charge is 0.337 e. The number of carboxylic acid groups (broad SMARTS) is 1. The van der Waals surface area contributed by atoms with Crippen LogP contribution in [0.4, 0.5) is 10.1 Å². The van der Waals surface area contributed by atoms with Crippen molar-refractivity contribution in [3.8, 4) is 16.3 Å². The van der Waals surface area contributed by atoms with Gasteiger partial charge in [0.05, 0.1) is 29.6 Å². The Bertz CT molecular complexity index is 1150. The Labute approximate surface area is 168 Å². The van der Waals surface area contributed by atoms with Crippen LogP contribution < -0.4 is 9.46 Å². The molecule has 0 saturated heterocycles. The molecule has 0 aliphatic rings. The highest BCUT2D eigenvalue weighted by Gasteiger charge is 2.22. The Kier molecular flexibility index (Phi) is 5.54. The fourth-order valence-corrected chi connectivity index (χ4v) is 4.71. The number of hydrogen-bond acceptors (Lipinski definition) is 6. The molecule has 0 fully saturated rings. The van der Waals surface area contributed by atoms with Crippen molar-refractivity contribution in [3.05, 3.63) is 59.0 Å². The maximum Gasteiger partial charge on any atom is 0.337 e. The van der Waals surface area contributed by atoms with E-state index in [1.165, 1.54) is 37.6 Å². The molecule has 1 heterocycles. The van der Waals surface area contributed by atoms with Crippen LogP contribution in [-0.4, -0.2) is 31.6 Å². The fourth-order valence-electron chi connectivity index (χ4n) is 2.27. The molecular formula is C17H12ClFN2O5S2. The van der Waals surface area contributed by atoms with Crippen molar-refractivity contribution in [2.45, 2.75) is 4.21 Å². The first-order valence-corrected chi connectivity index (χ1v) is 10.2. The van der Waals surface area contributed by atoms with Crippen LogP contribution in [-0.2, 0) is 10.0 Å². The van der Waals surface area contributed by atoms with Gasteiger partial charge in [0.15, 0.2) is 4.21 Å². The highest BCUT2D eigenvalue weighted by molar-refractivity contribution is 7.94. The summed E-state index contributed by atoms with van der Waals surface area (Å²) in [5.74, 6) is -1.69.